The van der Waals surface area contributed by atoms with Crippen molar-refractivity contribution in [3.63, 3.8) is 0 Å². The van der Waals surface area contributed by atoms with E-state index in [1.165, 1.54) is 53.7 Å². The van der Waals surface area contributed by atoms with Gasteiger partial charge in [0.15, 0.2) is 11.5 Å². The molecule has 11 heteroatoms. The van der Waals surface area contributed by atoms with E-state index in [-0.39, 0.29) is 29.3 Å². The Bertz CT molecular complexity index is 1510. The summed E-state index contributed by atoms with van der Waals surface area (Å²) in [6, 6.07) is 7.97. The van der Waals surface area contributed by atoms with Crippen LogP contribution in [0, 0.1) is 23.6 Å². The van der Waals surface area contributed by atoms with Crippen molar-refractivity contribution in [2.24, 2.45) is 17.8 Å². The maximum atomic E-state index is 14.1. The number of hydrogen-bond donors (Lipinski definition) is 1. The van der Waals surface area contributed by atoms with E-state index in [1.54, 1.807) is 12.1 Å². The number of H-pyrrole nitrogens is 1. The molecule has 0 unspecified atom stereocenters. The Balaban J connectivity index is 1.30. The minimum atomic E-state index is -0.703. The lowest BCUT2D eigenvalue weighted by atomic mass is 9.63. The average Bonchev–Trinajstić information content (AvgIpc) is 3.40. The van der Waals surface area contributed by atoms with Crippen LogP contribution >= 0.6 is 0 Å². The fraction of sp³-hybridized carbons (Fsp3) is 0.500. The molecular formula is C32H37FN2O8. The smallest absolute Gasteiger partial charge is 0.338 e. The van der Waals surface area contributed by atoms with E-state index in [9.17, 15) is 14.0 Å². The molecule has 2 aliphatic heterocycles. The third-order valence-corrected chi connectivity index (χ3v) is 9.52. The van der Waals surface area contributed by atoms with Crippen molar-refractivity contribution >= 4 is 22.8 Å². The van der Waals surface area contributed by atoms with Crippen LogP contribution < -0.4 is 14.2 Å². The van der Waals surface area contributed by atoms with Crippen LogP contribution in [0.25, 0.3) is 10.9 Å². The zero-order chi connectivity index (χ0) is 30.4. The summed E-state index contributed by atoms with van der Waals surface area (Å²) in [5, 5.41) is 0.915. The molecule has 1 aliphatic carbocycles. The van der Waals surface area contributed by atoms with Gasteiger partial charge in [-0.2, -0.15) is 0 Å². The number of nitrogens with one attached hydrogen (secondary N) is 1. The number of ether oxygens (including phenoxy) is 6. The van der Waals surface area contributed by atoms with Crippen molar-refractivity contribution in [2.75, 3.05) is 48.6 Å². The third-order valence-electron chi connectivity index (χ3n) is 9.52. The van der Waals surface area contributed by atoms with Crippen molar-refractivity contribution in [3.8, 4) is 17.2 Å². The number of hydrogen-bond acceptors (Lipinski definition) is 9. The van der Waals surface area contributed by atoms with Crippen molar-refractivity contribution in [2.45, 2.75) is 37.5 Å². The van der Waals surface area contributed by atoms with Gasteiger partial charge in [-0.15, -0.1) is 0 Å². The number of benzene rings is 2. The molecule has 1 saturated carbocycles. The molecule has 6 atom stereocenters. The van der Waals surface area contributed by atoms with Gasteiger partial charge in [0.2, 0.25) is 5.75 Å². The molecule has 10 nitrogen and oxygen atoms in total. The third kappa shape index (κ3) is 4.98. The molecule has 2 aromatic carbocycles. The van der Waals surface area contributed by atoms with Gasteiger partial charge in [0.05, 0.1) is 46.0 Å². The number of rotatable bonds is 7. The molecule has 0 amide bonds. The maximum Gasteiger partial charge on any atom is 0.338 e. The zero-order valence-electron chi connectivity index (χ0n) is 25.0. The van der Waals surface area contributed by atoms with Gasteiger partial charge in [-0.1, -0.05) is 0 Å². The van der Waals surface area contributed by atoms with Crippen LogP contribution in [-0.4, -0.2) is 82.7 Å². The lowest BCUT2D eigenvalue weighted by molar-refractivity contribution is -0.176. The normalized spacial score (nSPS) is 26.6. The Morgan fingerprint density at radius 2 is 1.72 bits per heavy atom. The summed E-state index contributed by atoms with van der Waals surface area (Å²) >= 11 is 0. The fourth-order valence-electron chi connectivity index (χ4n) is 7.62. The van der Waals surface area contributed by atoms with E-state index in [2.05, 4.69) is 9.88 Å². The topological polar surface area (TPSA) is 109 Å². The van der Waals surface area contributed by atoms with Gasteiger partial charge < -0.3 is 33.4 Å². The highest BCUT2D eigenvalue weighted by molar-refractivity contribution is 5.91. The van der Waals surface area contributed by atoms with Crippen LogP contribution in [-0.2, 0) is 25.4 Å². The Morgan fingerprint density at radius 1 is 0.977 bits per heavy atom. The fourth-order valence-corrected chi connectivity index (χ4v) is 7.62. The first kappa shape index (κ1) is 29.3. The number of esters is 2. The number of methoxy groups -OCH3 is 5. The summed E-state index contributed by atoms with van der Waals surface area (Å²) in [5.74, 6) is -0.852. The Morgan fingerprint density at radius 3 is 2.37 bits per heavy atom. The number of aromatic nitrogens is 1. The minimum Gasteiger partial charge on any atom is -0.493 e. The zero-order valence-corrected chi connectivity index (χ0v) is 25.0. The molecule has 230 valence electrons. The molecule has 0 bridgehead atoms. The highest BCUT2D eigenvalue weighted by Crippen LogP contribution is 2.50. The molecule has 3 aliphatic rings. The molecule has 1 N–H and O–H groups in total. The Kier molecular flexibility index (Phi) is 7.95. The standard InChI is InChI=1S/C32H37FN2O8/c1-38-24-10-16(11-25(39-2)29(24)40-3)31(36)43-26-12-17-15-35-9-8-19-21-13-18(33)6-7-22(21)34-28(19)23(35)14-20(17)27(30(26)41-4)32(37)42-5/h6-7,10-11,13,17,20,23,26-27,30,34H,8-9,12,14-15H2,1-5H3/t17-,20+,23-,26-,27+,30+/m1/s1. The number of aromatic amines is 1. The van der Waals surface area contributed by atoms with Crippen molar-refractivity contribution < 1.29 is 42.4 Å². The number of fused-ring (bicyclic) bond motifs is 6. The summed E-state index contributed by atoms with van der Waals surface area (Å²) < 4.78 is 47.6. The van der Waals surface area contributed by atoms with Crippen LogP contribution in [0.3, 0.4) is 0 Å². The van der Waals surface area contributed by atoms with E-state index in [4.69, 9.17) is 28.4 Å². The summed E-state index contributed by atoms with van der Waals surface area (Å²) in [7, 11) is 7.34. The lowest BCUT2D eigenvalue weighted by Gasteiger charge is -2.52. The molecular weight excluding hydrogens is 559 g/mol. The first-order valence-electron chi connectivity index (χ1n) is 14.5. The Labute approximate surface area is 249 Å². The van der Waals surface area contributed by atoms with Gasteiger partial charge in [0.25, 0.3) is 0 Å². The molecule has 1 aromatic heterocycles. The van der Waals surface area contributed by atoms with Crippen LogP contribution in [0.15, 0.2) is 30.3 Å². The van der Waals surface area contributed by atoms with Crippen molar-refractivity contribution in [1.29, 1.82) is 0 Å². The van der Waals surface area contributed by atoms with Gasteiger partial charge in [0.1, 0.15) is 18.0 Å². The number of piperidine rings is 1. The van der Waals surface area contributed by atoms with E-state index in [1.807, 2.05) is 0 Å². The minimum absolute atomic E-state index is 0.0449. The highest BCUT2D eigenvalue weighted by atomic mass is 19.1. The molecule has 6 rings (SSSR count). The van der Waals surface area contributed by atoms with E-state index in [0.29, 0.717) is 30.1 Å². The second-order valence-electron chi connectivity index (χ2n) is 11.5. The molecule has 2 fully saturated rings. The summed E-state index contributed by atoms with van der Waals surface area (Å²) in [6.07, 6.45) is 0.634. The first-order chi connectivity index (χ1) is 20.8. The number of halogens is 1. The molecule has 43 heavy (non-hydrogen) atoms. The lowest BCUT2D eigenvalue weighted by Crippen LogP contribution is -2.58. The summed E-state index contributed by atoms with van der Waals surface area (Å²) in [4.78, 5) is 32.8. The van der Waals surface area contributed by atoms with E-state index in [0.717, 1.165) is 41.7 Å². The molecule has 0 spiro atoms. The summed E-state index contributed by atoms with van der Waals surface area (Å²) in [6.45, 7) is 1.54. The maximum absolute atomic E-state index is 14.1. The van der Waals surface area contributed by atoms with Gasteiger partial charge in [-0.05, 0) is 67.0 Å². The number of carbonyl (C=O) groups is 2. The molecule has 3 heterocycles. The predicted octanol–water partition coefficient (Wildman–Crippen LogP) is 4.30. The van der Waals surface area contributed by atoms with Crippen LogP contribution in [0.4, 0.5) is 4.39 Å². The average molecular weight is 597 g/mol. The van der Waals surface area contributed by atoms with Crippen molar-refractivity contribution in [1.82, 2.24) is 9.88 Å². The summed E-state index contributed by atoms with van der Waals surface area (Å²) in [5.41, 5.74) is 3.36. The van der Waals surface area contributed by atoms with Crippen LogP contribution in [0.5, 0.6) is 17.2 Å². The second-order valence-corrected chi connectivity index (χ2v) is 11.5. The predicted molar refractivity (Wildman–Crippen MR) is 154 cm³/mol. The SMILES string of the molecule is COC(=O)[C@H]1[C@H]2C[C@@H]3c4[nH]c5ccc(F)cc5c4CCN3C[C@H]2C[C@@H](OC(=O)c2cc(OC)c(OC)c(OC)c2)[C@@H]1OC. The van der Waals surface area contributed by atoms with Gasteiger partial charge in [-0.3, -0.25) is 9.69 Å². The van der Waals surface area contributed by atoms with Gasteiger partial charge in [0, 0.05) is 36.8 Å². The Hall–Kier alpha value is -3.83. The highest BCUT2D eigenvalue weighted by Gasteiger charge is 2.54. The number of nitrogens with zero attached hydrogens (tertiary/aromatic N) is 1. The molecule has 3 aromatic rings. The van der Waals surface area contributed by atoms with Crippen LogP contribution in [0.2, 0.25) is 0 Å². The van der Waals surface area contributed by atoms with Crippen LogP contribution in [0.1, 0.15) is 40.5 Å². The largest absolute Gasteiger partial charge is 0.493 e. The first-order valence-corrected chi connectivity index (χ1v) is 14.5. The second kappa shape index (κ2) is 11.7. The monoisotopic (exact) mass is 596 g/mol. The van der Waals surface area contributed by atoms with E-state index < -0.39 is 30.1 Å². The number of carbonyl (C=O) groups excluding carboxylic acids is 2. The van der Waals surface area contributed by atoms with E-state index >= 15 is 0 Å². The van der Waals surface area contributed by atoms with Crippen molar-refractivity contribution in [3.05, 3.63) is 53.0 Å². The van der Waals surface area contributed by atoms with Gasteiger partial charge >= 0.3 is 11.9 Å². The molecule has 1 saturated heterocycles. The van der Waals surface area contributed by atoms with Gasteiger partial charge in [-0.25, -0.2) is 9.18 Å². The quantitative estimate of drug-likeness (QED) is 0.400. The molecule has 0 radical (unpaired) electrons.